The molecule has 27 heavy (non-hydrogen) atoms. The molecule has 5 nitrogen and oxygen atoms in total. The number of hydrogen-bond acceptors (Lipinski definition) is 4. The second kappa shape index (κ2) is 7.23. The first-order chi connectivity index (χ1) is 12.9. The molecule has 2 N–H and O–H groups in total. The molecule has 6 heteroatoms. The van der Waals surface area contributed by atoms with Crippen LogP contribution < -0.4 is 10.9 Å². The fourth-order valence-corrected chi connectivity index (χ4v) is 6.05. The third kappa shape index (κ3) is 4.00. The molecular weight excluding hydrogens is 360 g/mol. The molecule has 2 saturated carbocycles. The Bertz CT molecular complexity index is 855. The van der Waals surface area contributed by atoms with Crippen LogP contribution in [0.25, 0.3) is 0 Å². The summed E-state index contributed by atoms with van der Waals surface area (Å²) < 4.78 is 5.26. The summed E-state index contributed by atoms with van der Waals surface area (Å²) in [7, 11) is 0. The van der Waals surface area contributed by atoms with E-state index in [2.05, 4.69) is 24.3 Å². The van der Waals surface area contributed by atoms with E-state index in [4.69, 9.17) is 4.52 Å². The second-order valence-electron chi connectivity index (χ2n) is 8.57. The van der Waals surface area contributed by atoms with Gasteiger partial charge in [0, 0.05) is 10.4 Å². The van der Waals surface area contributed by atoms with Gasteiger partial charge in [0.25, 0.3) is 11.5 Å². The van der Waals surface area contributed by atoms with Crippen molar-refractivity contribution < 1.29 is 9.32 Å². The minimum Gasteiger partial charge on any atom is -0.372 e. The molecule has 0 spiro atoms. The van der Waals surface area contributed by atoms with E-state index in [-0.39, 0.29) is 22.8 Å². The number of aromatic nitrogens is 1. The Morgan fingerprint density at radius 3 is 2.52 bits per heavy atom. The first-order valence-corrected chi connectivity index (χ1v) is 10.5. The molecule has 0 saturated heterocycles. The van der Waals surface area contributed by atoms with Gasteiger partial charge in [-0.05, 0) is 68.9 Å². The summed E-state index contributed by atoms with van der Waals surface area (Å²) in [6.45, 7) is 4.47. The number of fused-ring (bicyclic) bond motifs is 2. The van der Waals surface area contributed by atoms with Crippen LogP contribution >= 0.6 is 11.8 Å². The zero-order valence-electron chi connectivity index (χ0n) is 15.8. The molecule has 2 unspecified atom stereocenters. The Morgan fingerprint density at radius 2 is 1.85 bits per heavy atom. The average Bonchev–Trinajstić information content (AvgIpc) is 2.95. The normalized spacial score (nSPS) is 30.1. The number of rotatable bonds is 4. The van der Waals surface area contributed by atoms with Crippen LogP contribution in [0.15, 0.2) is 49.4 Å². The Hall–Kier alpha value is -1.95. The SMILES string of the molecule is CC1CC2CC(C1)CC(C)(NC(=O)c1o[nH]c(=O)c1Sc1ccccc1)C2. The standard InChI is InChI=1S/C21H26N2O3S/c1-13-8-14-10-15(9-13)12-21(2,11-14)22-19(24)17-18(20(25)23-26-17)27-16-6-4-3-5-7-16/h3-7,13-15H,8-12H2,1-2H3,(H,22,24)(H,23,25). The molecular formula is C21H26N2O3S. The van der Waals surface area contributed by atoms with Gasteiger partial charge in [0.2, 0.25) is 5.76 Å². The maximum atomic E-state index is 12.9. The predicted octanol–water partition coefficient (Wildman–Crippen LogP) is 4.45. The summed E-state index contributed by atoms with van der Waals surface area (Å²) in [5.41, 5.74) is -0.608. The summed E-state index contributed by atoms with van der Waals surface area (Å²) in [5, 5.41) is 5.51. The molecule has 0 aliphatic heterocycles. The smallest absolute Gasteiger partial charge is 0.294 e. The van der Waals surface area contributed by atoms with Crippen molar-refractivity contribution in [2.24, 2.45) is 17.8 Å². The number of benzene rings is 1. The molecule has 2 aromatic rings. The molecule has 0 radical (unpaired) electrons. The van der Waals surface area contributed by atoms with Crippen LogP contribution in [-0.2, 0) is 0 Å². The summed E-state index contributed by atoms with van der Waals surface area (Å²) in [4.78, 5) is 26.3. The molecule has 1 aromatic heterocycles. The van der Waals surface area contributed by atoms with Crippen LogP contribution in [0.5, 0.6) is 0 Å². The average molecular weight is 387 g/mol. The highest BCUT2D eigenvalue weighted by Gasteiger charge is 2.42. The van der Waals surface area contributed by atoms with Crippen LogP contribution in [0, 0.1) is 17.8 Å². The Labute approximate surface area is 163 Å². The van der Waals surface area contributed by atoms with E-state index in [1.807, 2.05) is 30.3 Å². The quantitative estimate of drug-likeness (QED) is 0.814. The van der Waals surface area contributed by atoms with Crippen molar-refractivity contribution in [2.75, 3.05) is 0 Å². The molecule has 2 aliphatic rings. The Kier molecular flexibility index (Phi) is 4.93. The fourth-order valence-electron chi connectivity index (χ4n) is 5.16. The van der Waals surface area contributed by atoms with Crippen LogP contribution in [0.1, 0.15) is 56.5 Å². The van der Waals surface area contributed by atoms with Crippen LogP contribution in [-0.4, -0.2) is 16.6 Å². The molecule has 2 bridgehead atoms. The lowest BCUT2D eigenvalue weighted by Gasteiger charge is -2.47. The number of H-pyrrole nitrogens is 1. The number of aromatic amines is 1. The van der Waals surface area contributed by atoms with Crippen molar-refractivity contribution in [3.05, 3.63) is 46.4 Å². The summed E-state index contributed by atoms with van der Waals surface area (Å²) >= 11 is 1.26. The van der Waals surface area contributed by atoms with E-state index in [0.29, 0.717) is 16.7 Å². The molecule has 2 fully saturated rings. The van der Waals surface area contributed by atoms with Crippen molar-refractivity contribution in [3.63, 3.8) is 0 Å². The van der Waals surface area contributed by atoms with Gasteiger partial charge in [0.1, 0.15) is 4.90 Å². The van der Waals surface area contributed by atoms with Crippen molar-refractivity contribution in [1.29, 1.82) is 0 Å². The zero-order chi connectivity index (χ0) is 19.0. The van der Waals surface area contributed by atoms with Crippen LogP contribution in [0.3, 0.4) is 0 Å². The largest absolute Gasteiger partial charge is 0.372 e. The summed E-state index contributed by atoms with van der Waals surface area (Å²) in [6, 6.07) is 9.53. The van der Waals surface area contributed by atoms with Crippen LogP contribution in [0.2, 0.25) is 0 Å². The molecule has 144 valence electrons. The minimum absolute atomic E-state index is 0.0826. The number of hydrogen-bond donors (Lipinski definition) is 2. The highest BCUT2D eigenvalue weighted by molar-refractivity contribution is 7.99. The second-order valence-corrected chi connectivity index (χ2v) is 9.66. The minimum atomic E-state index is -0.367. The number of carbonyl (C=O) groups is 1. The number of carbonyl (C=O) groups excluding carboxylic acids is 1. The third-order valence-corrected chi connectivity index (χ3v) is 6.94. The maximum absolute atomic E-state index is 12.9. The molecule has 1 amide bonds. The van der Waals surface area contributed by atoms with E-state index in [1.54, 1.807) is 0 Å². The van der Waals surface area contributed by atoms with Gasteiger partial charge in [-0.3, -0.25) is 9.59 Å². The lowest BCUT2D eigenvalue weighted by atomic mass is 9.62. The van der Waals surface area contributed by atoms with Crippen molar-refractivity contribution in [1.82, 2.24) is 10.5 Å². The lowest BCUT2D eigenvalue weighted by Crippen LogP contribution is -2.52. The van der Waals surface area contributed by atoms with Gasteiger partial charge < -0.3 is 9.84 Å². The highest BCUT2D eigenvalue weighted by Crippen LogP contribution is 2.46. The Balaban J connectivity index is 1.51. The number of nitrogens with one attached hydrogen (secondary N) is 2. The van der Waals surface area contributed by atoms with E-state index in [1.165, 1.54) is 31.0 Å². The van der Waals surface area contributed by atoms with Gasteiger partial charge in [-0.15, -0.1) is 0 Å². The first-order valence-electron chi connectivity index (χ1n) is 9.69. The van der Waals surface area contributed by atoms with Crippen molar-refractivity contribution >= 4 is 17.7 Å². The lowest BCUT2D eigenvalue weighted by molar-refractivity contribution is 0.0591. The van der Waals surface area contributed by atoms with E-state index < -0.39 is 0 Å². The maximum Gasteiger partial charge on any atom is 0.294 e. The molecule has 4 rings (SSSR count). The van der Waals surface area contributed by atoms with E-state index in [0.717, 1.165) is 23.7 Å². The number of amides is 1. The van der Waals surface area contributed by atoms with Crippen molar-refractivity contribution in [3.8, 4) is 0 Å². The highest BCUT2D eigenvalue weighted by atomic mass is 32.2. The molecule has 2 aliphatic carbocycles. The summed E-state index contributed by atoms with van der Waals surface area (Å²) in [6.07, 6.45) is 5.77. The topological polar surface area (TPSA) is 75.1 Å². The summed E-state index contributed by atoms with van der Waals surface area (Å²) in [5.74, 6) is 1.91. The molecule has 2 atom stereocenters. The fraction of sp³-hybridized carbons (Fsp3) is 0.524. The zero-order valence-corrected chi connectivity index (χ0v) is 16.6. The van der Waals surface area contributed by atoms with Gasteiger partial charge in [-0.25, -0.2) is 0 Å². The van der Waals surface area contributed by atoms with Gasteiger partial charge in [0.15, 0.2) is 0 Å². The monoisotopic (exact) mass is 386 g/mol. The van der Waals surface area contributed by atoms with E-state index in [9.17, 15) is 9.59 Å². The van der Waals surface area contributed by atoms with Crippen molar-refractivity contribution in [2.45, 2.75) is 61.3 Å². The predicted molar refractivity (Wildman–Crippen MR) is 105 cm³/mol. The molecule has 1 heterocycles. The van der Waals surface area contributed by atoms with Crippen LogP contribution in [0.4, 0.5) is 0 Å². The van der Waals surface area contributed by atoms with Gasteiger partial charge in [-0.2, -0.15) is 5.16 Å². The van der Waals surface area contributed by atoms with E-state index >= 15 is 0 Å². The van der Waals surface area contributed by atoms with Gasteiger partial charge in [0.05, 0.1) is 0 Å². The first kappa shape index (κ1) is 18.4. The molecule has 1 aromatic carbocycles. The third-order valence-electron chi connectivity index (χ3n) is 5.86. The van der Waals surface area contributed by atoms with Gasteiger partial charge >= 0.3 is 0 Å². The van der Waals surface area contributed by atoms with Gasteiger partial charge in [-0.1, -0.05) is 36.9 Å². The Morgan fingerprint density at radius 1 is 1.19 bits per heavy atom.